The molecule has 0 aliphatic carbocycles. The highest BCUT2D eigenvalue weighted by atomic mass is 16.2. The predicted octanol–water partition coefficient (Wildman–Crippen LogP) is 1.20. The summed E-state index contributed by atoms with van der Waals surface area (Å²) in [7, 11) is 0. The number of hydrogen-bond donors (Lipinski definition) is 3. The Hall–Kier alpha value is -2.24. The van der Waals surface area contributed by atoms with Crippen LogP contribution in [0.5, 0.6) is 0 Å². The number of anilines is 2. The van der Waals surface area contributed by atoms with E-state index in [1.54, 1.807) is 6.07 Å². The zero-order valence-electron chi connectivity index (χ0n) is 9.56. The van der Waals surface area contributed by atoms with Crippen LogP contribution in [-0.2, 0) is 6.42 Å². The number of rotatable bonds is 4. The Balaban J connectivity index is 0.000000557. The molecule has 1 rings (SSSR count). The van der Waals surface area contributed by atoms with Crippen molar-refractivity contribution in [3.8, 4) is 12.1 Å². The van der Waals surface area contributed by atoms with E-state index in [9.17, 15) is 0 Å². The van der Waals surface area contributed by atoms with Crippen molar-refractivity contribution in [1.29, 1.82) is 10.5 Å². The molecule has 5 N–H and O–H groups in total. The van der Waals surface area contributed by atoms with Gasteiger partial charge in [0, 0.05) is 18.0 Å². The number of aliphatic hydroxyl groups excluding tert-OH is 1. The summed E-state index contributed by atoms with van der Waals surface area (Å²) in [4.78, 5) is 0. The zero-order chi connectivity index (χ0) is 13.1. The Bertz CT molecular complexity index is 405. The molecule has 0 atom stereocenters. The number of hydrogen-bond acceptors (Lipinski definition) is 5. The van der Waals surface area contributed by atoms with E-state index >= 15 is 0 Å². The minimum Gasteiger partial charge on any atom is -0.399 e. The molecular formula is C12H16N4O. The fraction of sp³-hybridized carbons (Fsp3) is 0.333. The number of nitriles is 2. The first-order chi connectivity index (χ1) is 8.15. The Morgan fingerprint density at radius 2 is 1.76 bits per heavy atom. The lowest BCUT2D eigenvalue weighted by Crippen LogP contribution is -1.97. The third-order valence-corrected chi connectivity index (χ3v) is 2.07. The molecule has 1 aromatic rings. The molecule has 0 spiro atoms. The van der Waals surface area contributed by atoms with Crippen LogP contribution in [0.15, 0.2) is 18.2 Å². The molecule has 0 saturated heterocycles. The van der Waals surface area contributed by atoms with Gasteiger partial charge in [0.05, 0.1) is 0 Å². The van der Waals surface area contributed by atoms with Gasteiger partial charge >= 0.3 is 0 Å². The summed E-state index contributed by atoms with van der Waals surface area (Å²) in [5, 5.41) is 23.1. The Morgan fingerprint density at radius 1 is 1.12 bits per heavy atom. The fourth-order valence-corrected chi connectivity index (χ4v) is 1.27. The van der Waals surface area contributed by atoms with Crippen molar-refractivity contribution in [3.63, 3.8) is 0 Å². The smallest absolute Gasteiger partial charge is 0.181 e. The average Bonchev–Trinajstić information content (AvgIpc) is 2.32. The van der Waals surface area contributed by atoms with Crippen LogP contribution in [-0.4, -0.2) is 11.7 Å². The number of nitrogen functional groups attached to an aromatic ring is 2. The van der Waals surface area contributed by atoms with Crippen LogP contribution in [0.3, 0.4) is 0 Å². The standard InChI is InChI=1S/C10H16N2O.C2N2/c11-9-5-4-8(10(12)7-9)3-1-2-6-13;3-1-2-4/h4-5,7,13H,1-3,6,11-12H2;. The maximum Gasteiger partial charge on any atom is 0.181 e. The lowest BCUT2D eigenvalue weighted by atomic mass is 10.1. The number of nitrogens with two attached hydrogens (primary N) is 2. The summed E-state index contributed by atoms with van der Waals surface area (Å²) < 4.78 is 0. The van der Waals surface area contributed by atoms with E-state index < -0.39 is 0 Å². The molecule has 0 fully saturated rings. The van der Waals surface area contributed by atoms with Crippen LogP contribution in [0.25, 0.3) is 0 Å². The van der Waals surface area contributed by atoms with Gasteiger partial charge < -0.3 is 16.6 Å². The van der Waals surface area contributed by atoms with E-state index in [4.69, 9.17) is 27.1 Å². The zero-order valence-corrected chi connectivity index (χ0v) is 9.56. The van der Waals surface area contributed by atoms with Crippen LogP contribution in [0.4, 0.5) is 11.4 Å². The third kappa shape index (κ3) is 6.77. The molecule has 17 heavy (non-hydrogen) atoms. The van der Waals surface area contributed by atoms with Gasteiger partial charge in [-0.3, -0.25) is 0 Å². The molecule has 0 amide bonds. The van der Waals surface area contributed by atoms with E-state index in [0.717, 1.165) is 30.5 Å². The second-order valence-corrected chi connectivity index (χ2v) is 3.36. The molecule has 1 aromatic carbocycles. The monoisotopic (exact) mass is 232 g/mol. The number of aliphatic hydroxyl groups is 1. The van der Waals surface area contributed by atoms with Gasteiger partial charge in [-0.15, -0.1) is 0 Å². The highest BCUT2D eigenvalue weighted by Gasteiger charge is 1.98. The molecule has 0 heterocycles. The van der Waals surface area contributed by atoms with Crippen molar-refractivity contribution in [2.75, 3.05) is 18.1 Å². The molecule has 0 bridgehead atoms. The Morgan fingerprint density at radius 3 is 2.24 bits per heavy atom. The fourth-order valence-electron chi connectivity index (χ4n) is 1.27. The van der Waals surface area contributed by atoms with Gasteiger partial charge in [-0.2, -0.15) is 10.5 Å². The first-order valence-electron chi connectivity index (χ1n) is 5.18. The van der Waals surface area contributed by atoms with Crippen molar-refractivity contribution in [2.45, 2.75) is 19.3 Å². The normalized spacial score (nSPS) is 8.41. The highest BCUT2D eigenvalue weighted by Crippen LogP contribution is 2.17. The number of aryl methyl sites for hydroxylation is 1. The minimum atomic E-state index is 0.245. The average molecular weight is 232 g/mol. The summed E-state index contributed by atoms with van der Waals surface area (Å²) in [5.41, 5.74) is 13.9. The van der Waals surface area contributed by atoms with E-state index in [0.29, 0.717) is 5.69 Å². The van der Waals surface area contributed by atoms with Crippen LogP contribution in [0.1, 0.15) is 18.4 Å². The largest absolute Gasteiger partial charge is 0.399 e. The number of nitrogens with zero attached hydrogens (tertiary/aromatic N) is 2. The van der Waals surface area contributed by atoms with Gasteiger partial charge in [-0.25, -0.2) is 0 Å². The quantitative estimate of drug-likeness (QED) is 0.532. The number of benzene rings is 1. The molecule has 5 nitrogen and oxygen atoms in total. The highest BCUT2D eigenvalue weighted by molar-refractivity contribution is 5.56. The topological polar surface area (TPSA) is 120 Å². The molecule has 0 aliphatic heterocycles. The molecule has 0 aliphatic rings. The predicted molar refractivity (Wildman–Crippen MR) is 66.5 cm³/mol. The Labute approximate surface area is 101 Å². The van der Waals surface area contributed by atoms with Crippen molar-refractivity contribution in [3.05, 3.63) is 23.8 Å². The van der Waals surface area contributed by atoms with Gasteiger partial charge in [0.15, 0.2) is 12.1 Å². The van der Waals surface area contributed by atoms with Crippen LogP contribution >= 0.6 is 0 Å². The van der Waals surface area contributed by atoms with Crippen molar-refractivity contribution < 1.29 is 5.11 Å². The summed E-state index contributed by atoms with van der Waals surface area (Å²) >= 11 is 0. The van der Waals surface area contributed by atoms with Gasteiger partial charge in [-0.1, -0.05) is 6.07 Å². The number of unbranched alkanes of at least 4 members (excludes halogenated alkanes) is 1. The molecular weight excluding hydrogens is 216 g/mol. The lowest BCUT2D eigenvalue weighted by Gasteiger charge is -2.05. The van der Waals surface area contributed by atoms with Gasteiger partial charge in [0.2, 0.25) is 0 Å². The second-order valence-electron chi connectivity index (χ2n) is 3.36. The van der Waals surface area contributed by atoms with Crippen LogP contribution in [0.2, 0.25) is 0 Å². The van der Waals surface area contributed by atoms with Crippen LogP contribution < -0.4 is 11.5 Å². The van der Waals surface area contributed by atoms with E-state index in [1.807, 2.05) is 12.1 Å². The summed E-state index contributed by atoms with van der Waals surface area (Å²) in [6, 6.07) is 8.04. The lowest BCUT2D eigenvalue weighted by molar-refractivity contribution is 0.284. The minimum absolute atomic E-state index is 0.245. The van der Waals surface area contributed by atoms with Gasteiger partial charge in [0.1, 0.15) is 0 Å². The SMILES string of the molecule is N#CC#N.Nc1ccc(CCCCO)c(N)c1. The molecule has 0 saturated carbocycles. The second kappa shape index (κ2) is 9.02. The van der Waals surface area contributed by atoms with E-state index in [-0.39, 0.29) is 6.61 Å². The maximum absolute atomic E-state index is 8.61. The van der Waals surface area contributed by atoms with Gasteiger partial charge in [0.25, 0.3) is 0 Å². The van der Waals surface area contributed by atoms with Crippen molar-refractivity contribution >= 4 is 11.4 Å². The molecule has 0 radical (unpaired) electrons. The van der Waals surface area contributed by atoms with E-state index in [1.165, 1.54) is 12.1 Å². The molecule has 0 unspecified atom stereocenters. The van der Waals surface area contributed by atoms with Crippen molar-refractivity contribution in [2.24, 2.45) is 0 Å². The maximum atomic E-state index is 8.61. The summed E-state index contributed by atoms with van der Waals surface area (Å²) in [6.45, 7) is 0.245. The molecule has 5 heteroatoms. The summed E-state index contributed by atoms with van der Waals surface area (Å²) in [5.74, 6) is 0. The first-order valence-corrected chi connectivity index (χ1v) is 5.18. The molecule has 0 aromatic heterocycles. The van der Waals surface area contributed by atoms with Crippen LogP contribution in [0, 0.1) is 22.7 Å². The third-order valence-electron chi connectivity index (χ3n) is 2.07. The first kappa shape index (κ1) is 14.8. The van der Waals surface area contributed by atoms with Crippen molar-refractivity contribution in [1.82, 2.24) is 0 Å². The summed E-state index contributed by atoms with van der Waals surface area (Å²) in [6.07, 6.45) is 2.70. The Kier molecular flexibility index (Phi) is 7.83. The van der Waals surface area contributed by atoms with E-state index in [2.05, 4.69) is 0 Å². The van der Waals surface area contributed by atoms with Gasteiger partial charge in [-0.05, 0) is 37.0 Å². The molecule has 90 valence electrons.